The second kappa shape index (κ2) is 9.05. The zero-order valence-corrected chi connectivity index (χ0v) is 17.3. The smallest absolute Gasteiger partial charge is 0.241 e. The van der Waals surface area contributed by atoms with Gasteiger partial charge in [0.1, 0.15) is 0 Å². The molecule has 8 heteroatoms. The molecule has 0 radical (unpaired) electrons. The minimum atomic E-state index is -3.72. The Hall–Kier alpha value is -1.93. The van der Waals surface area contributed by atoms with Crippen LogP contribution in [0.4, 0.5) is 0 Å². The molecule has 0 bridgehead atoms. The molecule has 1 aliphatic rings. The first-order valence-corrected chi connectivity index (χ1v) is 11.0. The van der Waals surface area contributed by atoms with Crippen LogP contribution in [0.2, 0.25) is 5.02 Å². The van der Waals surface area contributed by atoms with Gasteiger partial charge in [0.2, 0.25) is 15.9 Å². The fourth-order valence-corrected chi connectivity index (χ4v) is 4.54. The Labute approximate surface area is 171 Å². The molecular weight excluding hydrogens is 398 g/mol. The standard InChI is InChI=1S/C20H24ClN3O3S/c1-16(22-28(26,27)19-5-3-2-4-6-19)20(25)24-13-11-23(12-14-24)15-17-7-9-18(21)10-8-17/h2-10,16,22H,11-15H2,1H3. The number of halogens is 1. The molecule has 1 N–H and O–H groups in total. The molecular formula is C20H24ClN3O3S. The van der Waals surface area contributed by atoms with E-state index in [0.717, 1.165) is 19.6 Å². The molecule has 3 rings (SSSR count). The van der Waals surface area contributed by atoms with Crippen molar-refractivity contribution in [1.29, 1.82) is 0 Å². The molecule has 1 atom stereocenters. The van der Waals surface area contributed by atoms with E-state index < -0.39 is 16.1 Å². The Morgan fingerprint density at radius 3 is 2.25 bits per heavy atom. The third-order valence-electron chi connectivity index (χ3n) is 4.76. The Balaban J connectivity index is 1.52. The first-order valence-electron chi connectivity index (χ1n) is 9.18. The molecule has 0 aliphatic carbocycles. The summed E-state index contributed by atoms with van der Waals surface area (Å²) in [5.74, 6) is -0.203. The van der Waals surface area contributed by atoms with Crippen molar-refractivity contribution in [3.8, 4) is 0 Å². The quantitative estimate of drug-likeness (QED) is 0.777. The van der Waals surface area contributed by atoms with Gasteiger partial charge in [0.15, 0.2) is 0 Å². The van der Waals surface area contributed by atoms with Gasteiger partial charge in [0, 0.05) is 37.7 Å². The average molecular weight is 422 g/mol. The van der Waals surface area contributed by atoms with Crippen molar-refractivity contribution in [2.75, 3.05) is 26.2 Å². The Bertz CT molecular complexity index is 896. The highest BCUT2D eigenvalue weighted by atomic mass is 35.5. The molecule has 6 nitrogen and oxygen atoms in total. The van der Waals surface area contributed by atoms with Crippen LogP contribution in [0.25, 0.3) is 0 Å². The van der Waals surface area contributed by atoms with E-state index in [1.807, 2.05) is 24.3 Å². The number of rotatable bonds is 6. The highest BCUT2D eigenvalue weighted by molar-refractivity contribution is 7.89. The van der Waals surface area contributed by atoms with Crippen LogP contribution >= 0.6 is 11.6 Å². The van der Waals surface area contributed by atoms with E-state index in [1.165, 1.54) is 17.7 Å². The predicted octanol–water partition coefficient (Wildman–Crippen LogP) is 2.35. The number of hydrogen-bond acceptors (Lipinski definition) is 4. The third-order valence-corrected chi connectivity index (χ3v) is 6.57. The summed E-state index contributed by atoms with van der Waals surface area (Å²) in [5, 5.41) is 0.714. The number of nitrogens with one attached hydrogen (secondary N) is 1. The molecule has 0 saturated carbocycles. The highest BCUT2D eigenvalue weighted by Crippen LogP contribution is 2.14. The predicted molar refractivity (Wildman–Crippen MR) is 110 cm³/mol. The van der Waals surface area contributed by atoms with E-state index in [9.17, 15) is 13.2 Å². The van der Waals surface area contributed by atoms with E-state index in [1.54, 1.807) is 30.0 Å². The summed E-state index contributed by atoms with van der Waals surface area (Å²) in [6.07, 6.45) is 0. The van der Waals surface area contributed by atoms with Gasteiger partial charge in [-0.15, -0.1) is 0 Å². The minimum absolute atomic E-state index is 0.155. The fourth-order valence-electron chi connectivity index (χ4n) is 3.20. The molecule has 1 unspecified atom stereocenters. The number of amides is 1. The molecule has 28 heavy (non-hydrogen) atoms. The second-order valence-electron chi connectivity index (χ2n) is 6.88. The molecule has 0 spiro atoms. The van der Waals surface area contributed by atoms with Crippen LogP contribution in [0.1, 0.15) is 12.5 Å². The first kappa shape index (κ1) is 20.8. The normalized spacial score (nSPS) is 16.7. The molecule has 2 aromatic rings. The van der Waals surface area contributed by atoms with Crippen molar-refractivity contribution < 1.29 is 13.2 Å². The summed E-state index contributed by atoms with van der Waals surface area (Å²) in [6, 6.07) is 15.0. The van der Waals surface area contributed by atoms with Crippen LogP contribution in [0.3, 0.4) is 0 Å². The van der Waals surface area contributed by atoms with E-state index in [-0.39, 0.29) is 10.8 Å². The van der Waals surface area contributed by atoms with Crippen LogP contribution in [-0.2, 0) is 21.4 Å². The topological polar surface area (TPSA) is 69.7 Å². The number of benzene rings is 2. The van der Waals surface area contributed by atoms with Crippen molar-refractivity contribution in [3.05, 3.63) is 65.2 Å². The van der Waals surface area contributed by atoms with Crippen LogP contribution < -0.4 is 4.72 Å². The number of nitrogens with zero attached hydrogens (tertiary/aromatic N) is 2. The largest absolute Gasteiger partial charge is 0.339 e. The lowest BCUT2D eigenvalue weighted by Crippen LogP contribution is -2.53. The molecule has 2 aromatic carbocycles. The van der Waals surface area contributed by atoms with E-state index in [2.05, 4.69) is 9.62 Å². The number of carbonyl (C=O) groups excluding carboxylic acids is 1. The zero-order valence-electron chi connectivity index (χ0n) is 15.7. The summed E-state index contributed by atoms with van der Waals surface area (Å²) in [4.78, 5) is 16.8. The lowest BCUT2D eigenvalue weighted by molar-refractivity contribution is -0.134. The SMILES string of the molecule is CC(NS(=O)(=O)c1ccccc1)C(=O)N1CCN(Cc2ccc(Cl)cc2)CC1. The summed E-state index contributed by atoms with van der Waals surface area (Å²) in [7, 11) is -3.72. The van der Waals surface area contributed by atoms with Crippen LogP contribution in [-0.4, -0.2) is 56.3 Å². The van der Waals surface area contributed by atoms with E-state index in [0.29, 0.717) is 18.1 Å². The van der Waals surface area contributed by atoms with Gasteiger partial charge in [0.25, 0.3) is 0 Å². The Kier molecular flexibility index (Phi) is 6.72. The third kappa shape index (κ3) is 5.32. The van der Waals surface area contributed by atoms with Gasteiger partial charge in [-0.05, 0) is 36.8 Å². The van der Waals surface area contributed by atoms with E-state index in [4.69, 9.17) is 11.6 Å². The van der Waals surface area contributed by atoms with Crippen LogP contribution in [0.5, 0.6) is 0 Å². The lowest BCUT2D eigenvalue weighted by Gasteiger charge is -2.36. The van der Waals surface area contributed by atoms with Crippen molar-refractivity contribution in [2.45, 2.75) is 24.4 Å². The van der Waals surface area contributed by atoms with Gasteiger partial charge < -0.3 is 4.90 Å². The molecule has 0 aromatic heterocycles. The molecule has 1 aliphatic heterocycles. The zero-order chi connectivity index (χ0) is 20.1. The monoisotopic (exact) mass is 421 g/mol. The van der Waals surface area contributed by atoms with E-state index >= 15 is 0 Å². The van der Waals surface area contributed by atoms with Crippen LogP contribution in [0, 0.1) is 0 Å². The molecule has 1 heterocycles. The summed E-state index contributed by atoms with van der Waals surface area (Å²) in [5.41, 5.74) is 1.17. The number of sulfonamides is 1. The average Bonchev–Trinajstić information content (AvgIpc) is 2.70. The van der Waals surface area contributed by atoms with Gasteiger partial charge in [-0.1, -0.05) is 41.9 Å². The van der Waals surface area contributed by atoms with Gasteiger partial charge in [-0.2, -0.15) is 4.72 Å². The van der Waals surface area contributed by atoms with Crippen molar-refractivity contribution in [3.63, 3.8) is 0 Å². The van der Waals surface area contributed by atoms with Crippen molar-refractivity contribution in [1.82, 2.24) is 14.5 Å². The number of piperazine rings is 1. The number of carbonyl (C=O) groups is 1. The Morgan fingerprint density at radius 1 is 1.04 bits per heavy atom. The first-order chi connectivity index (χ1) is 13.3. The molecule has 1 amide bonds. The van der Waals surface area contributed by atoms with Gasteiger partial charge >= 0.3 is 0 Å². The summed E-state index contributed by atoms with van der Waals surface area (Å²) >= 11 is 5.92. The number of hydrogen-bond donors (Lipinski definition) is 1. The van der Waals surface area contributed by atoms with Gasteiger partial charge in [-0.25, -0.2) is 8.42 Å². The molecule has 1 saturated heterocycles. The summed E-state index contributed by atoms with van der Waals surface area (Å²) in [6.45, 7) is 5.02. The lowest BCUT2D eigenvalue weighted by atomic mass is 10.2. The van der Waals surface area contributed by atoms with Crippen molar-refractivity contribution >= 4 is 27.5 Å². The maximum atomic E-state index is 12.7. The Morgan fingerprint density at radius 2 is 1.64 bits per heavy atom. The maximum absolute atomic E-state index is 12.7. The maximum Gasteiger partial charge on any atom is 0.241 e. The minimum Gasteiger partial charge on any atom is -0.339 e. The highest BCUT2D eigenvalue weighted by Gasteiger charge is 2.28. The molecule has 1 fully saturated rings. The fraction of sp³-hybridized carbons (Fsp3) is 0.350. The second-order valence-corrected chi connectivity index (χ2v) is 9.03. The van der Waals surface area contributed by atoms with Crippen molar-refractivity contribution in [2.24, 2.45) is 0 Å². The summed E-state index contributed by atoms with van der Waals surface area (Å²) < 4.78 is 27.3. The van der Waals surface area contributed by atoms with Crippen LogP contribution in [0.15, 0.2) is 59.5 Å². The molecule has 150 valence electrons. The van der Waals surface area contributed by atoms with Gasteiger partial charge in [-0.3, -0.25) is 9.69 Å². The van der Waals surface area contributed by atoms with Gasteiger partial charge in [0.05, 0.1) is 10.9 Å².